The van der Waals surface area contributed by atoms with Crippen molar-refractivity contribution in [2.24, 2.45) is 0 Å². The molecular formula is C10H18N2O3S2. The summed E-state index contributed by atoms with van der Waals surface area (Å²) in [6, 6.07) is 1.40. The smallest absolute Gasteiger partial charge is 0.250 e. The molecule has 0 aliphatic rings. The van der Waals surface area contributed by atoms with Gasteiger partial charge in [-0.1, -0.05) is 13.3 Å². The molecule has 1 aromatic heterocycles. The van der Waals surface area contributed by atoms with Crippen LogP contribution in [0.2, 0.25) is 0 Å². The first kappa shape index (κ1) is 14.4. The third-order valence-corrected chi connectivity index (χ3v) is 5.15. The number of sulfonamides is 1. The van der Waals surface area contributed by atoms with Crippen LogP contribution in [0, 0.1) is 0 Å². The Bertz CT molecular complexity index is 466. The third-order valence-electron chi connectivity index (χ3n) is 2.29. The van der Waals surface area contributed by atoms with Crippen LogP contribution >= 0.6 is 11.3 Å². The van der Waals surface area contributed by atoms with Crippen molar-refractivity contribution in [2.75, 3.05) is 12.3 Å². The summed E-state index contributed by atoms with van der Waals surface area (Å²) in [6.07, 6.45) is 1.34. The number of nitrogen functional groups attached to an aromatic ring is 1. The maximum absolute atomic E-state index is 11.8. The van der Waals surface area contributed by atoms with Gasteiger partial charge >= 0.3 is 0 Å². The van der Waals surface area contributed by atoms with Gasteiger partial charge in [-0.15, -0.1) is 11.3 Å². The summed E-state index contributed by atoms with van der Waals surface area (Å²) >= 11 is 1.06. The molecule has 5 nitrogen and oxygen atoms in total. The van der Waals surface area contributed by atoms with Crippen LogP contribution in [-0.2, 0) is 10.0 Å². The fourth-order valence-corrected chi connectivity index (χ4v) is 3.71. The normalized spacial score (nSPS) is 15.7. The maximum atomic E-state index is 11.8. The molecule has 0 aromatic carbocycles. The number of thiophene rings is 1. The minimum Gasteiger partial charge on any atom is -0.398 e. The summed E-state index contributed by atoms with van der Waals surface area (Å²) in [5.74, 6) is 0. The summed E-state index contributed by atoms with van der Waals surface area (Å²) in [6.45, 7) is 3.55. The Labute approximate surface area is 106 Å². The molecule has 17 heavy (non-hydrogen) atoms. The Hall–Kier alpha value is -0.630. The van der Waals surface area contributed by atoms with E-state index in [1.807, 2.05) is 6.92 Å². The molecular weight excluding hydrogens is 260 g/mol. The molecule has 4 N–H and O–H groups in total. The minimum absolute atomic E-state index is 0.000970. The Morgan fingerprint density at radius 1 is 1.59 bits per heavy atom. The van der Waals surface area contributed by atoms with Crippen molar-refractivity contribution in [3.63, 3.8) is 0 Å². The molecule has 7 heteroatoms. The molecule has 1 aromatic rings. The molecule has 0 aliphatic heterocycles. The van der Waals surface area contributed by atoms with E-state index in [0.29, 0.717) is 12.1 Å². The molecule has 0 radical (unpaired) electrons. The summed E-state index contributed by atoms with van der Waals surface area (Å²) < 4.78 is 26.2. The summed E-state index contributed by atoms with van der Waals surface area (Å²) in [5, 5.41) is 11.4. The zero-order chi connectivity index (χ0) is 13.1. The van der Waals surface area contributed by atoms with Gasteiger partial charge < -0.3 is 10.8 Å². The number of nitrogens with two attached hydrogens (primary N) is 1. The van der Waals surface area contributed by atoms with Gasteiger partial charge in [0.2, 0.25) is 10.0 Å². The Morgan fingerprint density at radius 3 is 2.71 bits per heavy atom. The van der Waals surface area contributed by atoms with Crippen LogP contribution in [0.3, 0.4) is 0 Å². The van der Waals surface area contributed by atoms with Crippen LogP contribution in [0.15, 0.2) is 15.7 Å². The number of nitrogens with one attached hydrogen (secondary N) is 1. The number of rotatable bonds is 6. The van der Waals surface area contributed by atoms with Crippen molar-refractivity contribution in [3.8, 4) is 0 Å². The van der Waals surface area contributed by atoms with Crippen LogP contribution in [0.5, 0.6) is 0 Å². The van der Waals surface area contributed by atoms with Crippen molar-refractivity contribution in [1.82, 2.24) is 4.72 Å². The molecule has 1 heterocycles. The number of anilines is 1. The van der Waals surface area contributed by atoms with Crippen molar-refractivity contribution < 1.29 is 13.5 Å². The third kappa shape index (κ3) is 4.27. The lowest BCUT2D eigenvalue weighted by molar-refractivity contribution is 0.0554. The molecule has 0 saturated heterocycles. The molecule has 98 valence electrons. The molecule has 1 atom stereocenters. The molecule has 0 amide bonds. The maximum Gasteiger partial charge on any atom is 0.250 e. The van der Waals surface area contributed by atoms with Gasteiger partial charge in [0.25, 0.3) is 0 Å². The zero-order valence-corrected chi connectivity index (χ0v) is 11.6. The molecule has 0 bridgehead atoms. The molecule has 0 aliphatic carbocycles. The van der Waals surface area contributed by atoms with E-state index in [0.717, 1.165) is 17.8 Å². The first-order chi connectivity index (χ1) is 7.77. The first-order valence-electron chi connectivity index (χ1n) is 5.33. The second kappa shape index (κ2) is 5.34. The van der Waals surface area contributed by atoms with Gasteiger partial charge in [-0.25, -0.2) is 13.1 Å². The Morgan fingerprint density at radius 2 is 2.24 bits per heavy atom. The highest BCUT2D eigenvalue weighted by molar-refractivity contribution is 7.91. The molecule has 0 spiro atoms. The van der Waals surface area contributed by atoms with E-state index in [2.05, 4.69) is 4.72 Å². The molecule has 0 fully saturated rings. The fraction of sp³-hybridized carbons (Fsp3) is 0.600. The zero-order valence-electron chi connectivity index (χ0n) is 9.93. The Balaban J connectivity index is 2.69. The van der Waals surface area contributed by atoms with E-state index in [4.69, 9.17) is 5.73 Å². The first-order valence-corrected chi connectivity index (χ1v) is 7.69. The number of hydrogen-bond acceptors (Lipinski definition) is 5. The van der Waals surface area contributed by atoms with E-state index in [1.54, 1.807) is 12.3 Å². The van der Waals surface area contributed by atoms with E-state index >= 15 is 0 Å². The van der Waals surface area contributed by atoms with Crippen molar-refractivity contribution in [2.45, 2.75) is 36.5 Å². The van der Waals surface area contributed by atoms with Crippen LogP contribution in [0.1, 0.15) is 26.7 Å². The summed E-state index contributed by atoms with van der Waals surface area (Å²) in [7, 11) is -3.56. The van der Waals surface area contributed by atoms with Gasteiger partial charge in [0.15, 0.2) is 0 Å². The number of aliphatic hydroxyl groups is 1. The predicted molar refractivity (Wildman–Crippen MR) is 69.5 cm³/mol. The standard InChI is InChI=1S/C10H18N2O3S2/c1-3-4-10(2,13)7-12-17(14,15)9-5-8(11)6-16-9/h5-6,12-13H,3-4,7,11H2,1-2H3. The van der Waals surface area contributed by atoms with E-state index in [-0.39, 0.29) is 10.8 Å². The SMILES string of the molecule is CCCC(C)(O)CNS(=O)(=O)c1cc(N)cs1. The topological polar surface area (TPSA) is 92.4 Å². The highest BCUT2D eigenvalue weighted by atomic mass is 32.2. The van der Waals surface area contributed by atoms with Crippen LogP contribution < -0.4 is 10.5 Å². The van der Waals surface area contributed by atoms with Crippen molar-refractivity contribution in [1.29, 1.82) is 0 Å². The van der Waals surface area contributed by atoms with Crippen LogP contribution in [0.25, 0.3) is 0 Å². The molecule has 1 rings (SSSR count). The predicted octanol–water partition coefficient (Wildman–Crippen LogP) is 1.16. The average molecular weight is 278 g/mol. The molecule has 0 saturated carbocycles. The van der Waals surface area contributed by atoms with Gasteiger partial charge in [0, 0.05) is 17.6 Å². The highest BCUT2D eigenvalue weighted by Crippen LogP contribution is 2.21. The van der Waals surface area contributed by atoms with Gasteiger partial charge in [-0.2, -0.15) is 0 Å². The summed E-state index contributed by atoms with van der Waals surface area (Å²) in [5.41, 5.74) is 4.88. The van der Waals surface area contributed by atoms with E-state index in [9.17, 15) is 13.5 Å². The highest BCUT2D eigenvalue weighted by Gasteiger charge is 2.24. The average Bonchev–Trinajstić information content (AvgIpc) is 2.63. The van der Waals surface area contributed by atoms with Gasteiger partial charge in [0.1, 0.15) is 4.21 Å². The quantitative estimate of drug-likeness (QED) is 0.728. The lowest BCUT2D eigenvalue weighted by Crippen LogP contribution is -2.40. The van der Waals surface area contributed by atoms with Crippen LogP contribution in [-0.4, -0.2) is 25.7 Å². The minimum atomic E-state index is -3.56. The second-order valence-electron chi connectivity index (χ2n) is 4.27. The number of hydrogen-bond donors (Lipinski definition) is 3. The van der Waals surface area contributed by atoms with E-state index < -0.39 is 15.6 Å². The monoisotopic (exact) mass is 278 g/mol. The van der Waals surface area contributed by atoms with Crippen molar-refractivity contribution >= 4 is 27.0 Å². The van der Waals surface area contributed by atoms with Gasteiger partial charge in [0.05, 0.1) is 5.60 Å². The Kier molecular flexibility index (Phi) is 4.54. The summed E-state index contributed by atoms with van der Waals surface area (Å²) in [4.78, 5) is 0. The van der Waals surface area contributed by atoms with Crippen molar-refractivity contribution in [3.05, 3.63) is 11.4 Å². The van der Waals surface area contributed by atoms with Crippen LogP contribution in [0.4, 0.5) is 5.69 Å². The largest absolute Gasteiger partial charge is 0.398 e. The lowest BCUT2D eigenvalue weighted by Gasteiger charge is -2.22. The van der Waals surface area contributed by atoms with Gasteiger partial charge in [-0.05, 0) is 19.4 Å². The lowest BCUT2D eigenvalue weighted by atomic mass is 10.0. The second-order valence-corrected chi connectivity index (χ2v) is 7.18. The molecule has 1 unspecified atom stereocenters. The van der Waals surface area contributed by atoms with Gasteiger partial charge in [-0.3, -0.25) is 0 Å². The van der Waals surface area contributed by atoms with E-state index in [1.165, 1.54) is 6.07 Å². The fourth-order valence-electron chi connectivity index (χ4n) is 1.42.